The highest BCUT2D eigenvalue weighted by Gasteiger charge is 2.42. The zero-order valence-electron chi connectivity index (χ0n) is 38.8. The van der Waals surface area contributed by atoms with Crippen LogP contribution in [0, 0.1) is 0 Å². The van der Waals surface area contributed by atoms with Crippen molar-refractivity contribution in [1.29, 1.82) is 0 Å². The van der Waals surface area contributed by atoms with Gasteiger partial charge in [0.2, 0.25) is 7.28 Å². The van der Waals surface area contributed by atoms with E-state index in [1.807, 2.05) is 0 Å². The Morgan fingerprint density at radius 2 is 1.25 bits per heavy atom. The number of hydrogen-bond donors (Lipinski definition) is 0. The highest BCUT2D eigenvalue weighted by atomic mass is 32.1. The number of benzene rings is 6. The SMILES string of the molecule is CC1c2cc3ccccc3cc2-c2cccc(-c3cc(C4C=CC=CC4)cc4c3Bc3sc5cc6c(cc5c3N4c3ccc4c(c3)C(C)(C)CCC4(C)C)C(C)(C)CCC6(C)C)c21. The van der Waals surface area contributed by atoms with Crippen molar-refractivity contribution >= 4 is 66.8 Å². The summed E-state index contributed by atoms with van der Waals surface area (Å²) in [5.41, 5.74) is 22.1. The molecule has 4 aliphatic carbocycles. The summed E-state index contributed by atoms with van der Waals surface area (Å²) in [5.74, 6) is 0.605. The molecule has 0 saturated carbocycles. The molecule has 5 aliphatic rings. The third kappa shape index (κ3) is 5.87. The van der Waals surface area contributed by atoms with Crippen LogP contribution < -0.4 is 15.1 Å². The monoisotopic (exact) mass is 837 g/mol. The lowest BCUT2D eigenvalue weighted by Gasteiger charge is -2.43. The highest BCUT2D eigenvalue weighted by Crippen LogP contribution is 2.55. The minimum absolute atomic E-state index is 0.0977. The lowest BCUT2D eigenvalue weighted by Crippen LogP contribution is -2.40. The lowest BCUT2D eigenvalue weighted by atomic mass is 9.60. The Morgan fingerprint density at radius 1 is 0.603 bits per heavy atom. The predicted molar refractivity (Wildman–Crippen MR) is 275 cm³/mol. The quantitative estimate of drug-likeness (QED) is 0.160. The van der Waals surface area contributed by atoms with E-state index in [0.29, 0.717) is 5.92 Å². The van der Waals surface area contributed by atoms with Gasteiger partial charge in [-0.05, 0) is 178 Å². The number of thiophene rings is 1. The second kappa shape index (κ2) is 13.5. The maximum Gasteiger partial charge on any atom is 0.211 e. The summed E-state index contributed by atoms with van der Waals surface area (Å²) in [6.07, 6.45) is 15.1. The van der Waals surface area contributed by atoms with Crippen molar-refractivity contribution in [1.82, 2.24) is 0 Å². The molecule has 1 aliphatic heterocycles. The maximum absolute atomic E-state index is 2.75. The van der Waals surface area contributed by atoms with Gasteiger partial charge in [-0.15, -0.1) is 11.3 Å². The molecule has 0 radical (unpaired) electrons. The van der Waals surface area contributed by atoms with Crippen molar-refractivity contribution < 1.29 is 0 Å². The molecule has 0 N–H and O–H groups in total. The topological polar surface area (TPSA) is 3.24 Å². The average molecular weight is 838 g/mol. The van der Waals surface area contributed by atoms with Crippen molar-refractivity contribution in [3.8, 4) is 22.3 Å². The summed E-state index contributed by atoms with van der Waals surface area (Å²) in [6.45, 7) is 22.2. The first kappa shape index (κ1) is 39.5. The molecule has 6 aromatic carbocycles. The van der Waals surface area contributed by atoms with Crippen LogP contribution in [0.1, 0.15) is 145 Å². The Bertz CT molecular complexity index is 3170. The van der Waals surface area contributed by atoms with E-state index in [1.165, 1.54) is 124 Å². The van der Waals surface area contributed by atoms with Crippen LogP contribution in [0.4, 0.5) is 17.1 Å². The lowest BCUT2D eigenvalue weighted by molar-refractivity contribution is 0.332. The summed E-state index contributed by atoms with van der Waals surface area (Å²) >= 11 is 2.05. The number of anilines is 3. The van der Waals surface area contributed by atoms with Crippen molar-refractivity contribution in [3.63, 3.8) is 0 Å². The zero-order valence-corrected chi connectivity index (χ0v) is 39.6. The zero-order chi connectivity index (χ0) is 43.4. The summed E-state index contributed by atoms with van der Waals surface area (Å²) in [5, 5.41) is 4.06. The van der Waals surface area contributed by atoms with Gasteiger partial charge in [0.15, 0.2) is 0 Å². The van der Waals surface area contributed by atoms with Crippen molar-refractivity contribution in [3.05, 3.63) is 160 Å². The third-order valence-electron chi connectivity index (χ3n) is 16.8. The van der Waals surface area contributed by atoms with E-state index in [-0.39, 0.29) is 27.6 Å². The van der Waals surface area contributed by atoms with E-state index in [9.17, 15) is 0 Å². The van der Waals surface area contributed by atoms with Gasteiger partial charge in [0.1, 0.15) is 0 Å². The molecule has 3 heteroatoms. The molecule has 1 aromatic heterocycles. The van der Waals surface area contributed by atoms with Gasteiger partial charge >= 0.3 is 0 Å². The van der Waals surface area contributed by atoms with Gasteiger partial charge in [-0.3, -0.25) is 0 Å². The van der Waals surface area contributed by atoms with Crippen molar-refractivity contribution in [2.75, 3.05) is 4.90 Å². The molecule has 0 fully saturated rings. The molecule has 2 atom stereocenters. The van der Waals surface area contributed by atoms with Gasteiger partial charge in [-0.1, -0.05) is 141 Å². The number of fused-ring (bicyclic) bond motifs is 10. The molecule has 2 heterocycles. The summed E-state index contributed by atoms with van der Waals surface area (Å²) in [6, 6.07) is 39.1. The normalized spacial score (nSPS) is 21.6. The van der Waals surface area contributed by atoms with Gasteiger partial charge in [-0.25, -0.2) is 0 Å². The van der Waals surface area contributed by atoms with Crippen LogP contribution in [-0.4, -0.2) is 7.28 Å². The van der Waals surface area contributed by atoms with Crippen LogP contribution in [0.5, 0.6) is 0 Å². The molecule has 2 unspecified atom stereocenters. The molecule has 63 heavy (non-hydrogen) atoms. The van der Waals surface area contributed by atoms with Crippen LogP contribution in [0.2, 0.25) is 0 Å². The summed E-state index contributed by atoms with van der Waals surface area (Å²) in [7, 11) is 0.923. The molecule has 12 rings (SSSR count). The molecule has 1 nitrogen and oxygen atoms in total. The van der Waals surface area contributed by atoms with Crippen LogP contribution in [0.25, 0.3) is 43.1 Å². The highest BCUT2D eigenvalue weighted by molar-refractivity contribution is 7.29. The fourth-order valence-electron chi connectivity index (χ4n) is 12.7. The molecule has 7 aromatic rings. The van der Waals surface area contributed by atoms with Crippen LogP contribution in [0.3, 0.4) is 0 Å². The fraction of sp³-hybridized carbons (Fsp3) is 0.333. The van der Waals surface area contributed by atoms with E-state index in [1.54, 1.807) is 11.1 Å². The van der Waals surface area contributed by atoms with E-state index in [4.69, 9.17) is 0 Å². The molecular weight excluding hydrogens is 778 g/mol. The van der Waals surface area contributed by atoms with Gasteiger partial charge in [0, 0.05) is 33.3 Å². The molecule has 0 bridgehead atoms. The Kier molecular flexibility index (Phi) is 8.43. The Labute approximate surface area is 380 Å². The molecule has 0 amide bonds. The maximum atomic E-state index is 2.75. The molecule has 314 valence electrons. The number of nitrogens with zero attached hydrogens (tertiary/aromatic N) is 1. The van der Waals surface area contributed by atoms with Crippen molar-refractivity contribution in [2.45, 2.75) is 128 Å². The van der Waals surface area contributed by atoms with E-state index in [2.05, 4.69) is 200 Å². The number of allylic oxidation sites excluding steroid dienone is 4. The van der Waals surface area contributed by atoms with Crippen molar-refractivity contribution in [2.24, 2.45) is 0 Å². The van der Waals surface area contributed by atoms with E-state index in [0.717, 1.165) is 13.7 Å². The van der Waals surface area contributed by atoms with E-state index >= 15 is 0 Å². The fourth-order valence-corrected chi connectivity index (χ4v) is 13.9. The first-order valence-electron chi connectivity index (χ1n) is 23.8. The Morgan fingerprint density at radius 3 is 1.95 bits per heavy atom. The Balaban J connectivity index is 1.15. The van der Waals surface area contributed by atoms with Crippen LogP contribution in [-0.2, 0) is 21.7 Å². The molecule has 0 spiro atoms. The third-order valence-corrected chi connectivity index (χ3v) is 17.9. The van der Waals surface area contributed by atoms with Gasteiger partial charge in [0.05, 0.1) is 5.69 Å². The predicted octanol–water partition coefficient (Wildman–Crippen LogP) is 15.3. The van der Waals surface area contributed by atoms with Gasteiger partial charge < -0.3 is 4.90 Å². The molecule has 0 saturated heterocycles. The largest absolute Gasteiger partial charge is 0.310 e. The standard InChI is InChI=1S/C60H60BNS/c1-35-43-28-37-18-13-14-19-38(37)29-44(43)41-20-15-21-42(53(35)41)45-30-39(36-16-11-10-12-17-36)31-51-54(45)61-56-55(46-33-49-50(34-52(46)63-56)60(8,9)27-26-59(49,6)7)62(51)40-22-23-47-48(32-40)58(4,5)25-24-57(47,2)3/h10-16,18-23,28-36,61H,17,24-27H2,1-9H3. The smallest absolute Gasteiger partial charge is 0.211 e. The second-order valence-electron chi connectivity index (χ2n) is 22.5. The first-order valence-corrected chi connectivity index (χ1v) is 24.6. The molecular formula is C60H60BNS. The minimum atomic E-state index is 0.0977. The minimum Gasteiger partial charge on any atom is -0.310 e. The van der Waals surface area contributed by atoms with Gasteiger partial charge in [-0.2, -0.15) is 0 Å². The number of hydrogen-bond acceptors (Lipinski definition) is 2. The first-order chi connectivity index (χ1) is 30.1. The summed E-state index contributed by atoms with van der Waals surface area (Å²) < 4.78 is 2.91. The summed E-state index contributed by atoms with van der Waals surface area (Å²) in [4.78, 5) is 2.75. The average Bonchev–Trinajstić information content (AvgIpc) is 3.78. The van der Waals surface area contributed by atoms with Crippen LogP contribution >= 0.6 is 11.3 Å². The van der Waals surface area contributed by atoms with Crippen LogP contribution in [0.15, 0.2) is 121 Å². The Hall–Kier alpha value is -5.12. The number of rotatable bonds is 3. The van der Waals surface area contributed by atoms with Gasteiger partial charge in [0.25, 0.3) is 0 Å². The van der Waals surface area contributed by atoms with E-state index < -0.39 is 0 Å². The second-order valence-corrected chi connectivity index (χ2v) is 23.7.